The Hall–Kier alpha value is -2.17. The fourth-order valence-corrected chi connectivity index (χ4v) is 2.24. The highest BCUT2D eigenvalue weighted by molar-refractivity contribution is 6.39. The Kier molecular flexibility index (Phi) is 4.50. The zero-order valence-corrected chi connectivity index (χ0v) is 11.5. The number of Topliss-reactive ketones (excluding diaryl/α,β-unsaturated/α-hetero) is 1. The molecule has 0 saturated carbocycles. The van der Waals surface area contributed by atoms with Crippen molar-refractivity contribution in [1.29, 1.82) is 0 Å². The van der Waals surface area contributed by atoms with Gasteiger partial charge in [-0.2, -0.15) is 0 Å². The first-order valence-electron chi connectivity index (χ1n) is 6.79. The van der Waals surface area contributed by atoms with Gasteiger partial charge < -0.3 is 10.2 Å². The maximum absolute atomic E-state index is 12.0. The fraction of sp³-hybridized carbons (Fsp3) is 0.400. The average molecular weight is 274 g/mol. The molecule has 2 rings (SSSR count). The third-order valence-electron chi connectivity index (χ3n) is 3.36. The summed E-state index contributed by atoms with van der Waals surface area (Å²) >= 11 is 0. The zero-order valence-electron chi connectivity index (χ0n) is 11.5. The lowest BCUT2D eigenvalue weighted by molar-refractivity contribution is -0.143. The van der Waals surface area contributed by atoms with E-state index in [1.807, 2.05) is 0 Å². The van der Waals surface area contributed by atoms with Crippen LogP contribution in [0.2, 0.25) is 0 Å². The first kappa shape index (κ1) is 14.2. The number of nitrogens with one attached hydrogen (secondary N) is 1. The van der Waals surface area contributed by atoms with E-state index in [-0.39, 0.29) is 5.78 Å². The third-order valence-corrected chi connectivity index (χ3v) is 3.36. The van der Waals surface area contributed by atoms with Crippen molar-refractivity contribution in [2.75, 3.05) is 18.4 Å². The monoisotopic (exact) mass is 274 g/mol. The van der Waals surface area contributed by atoms with Crippen LogP contribution >= 0.6 is 0 Å². The molecule has 5 heteroatoms. The molecule has 0 aromatic heterocycles. The lowest BCUT2D eigenvalue weighted by Crippen LogP contribution is -2.42. The van der Waals surface area contributed by atoms with Crippen molar-refractivity contribution >= 4 is 23.3 Å². The first-order valence-corrected chi connectivity index (χ1v) is 6.79. The number of nitrogens with zero attached hydrogens (tertiary/aromatic N) is 1. The summed E-state index contributed by atoms with van der Waals surface area (Å²) in [6.07, 6.45) is 2.99. The van der Waals surface area contributed by atoms with Crippen LogP contribution in [-0.2, 0) is 9.59 Å². The Morgan fingerprint density at radius 3 is 2.45 bits per heavy atom. The van der Waals surface area contributed by atoms with Gasteiger partial charge in [0.25, 0.3) is 0 Å². The van der Waals surface area contributed by atoms with Crippen molar-refractivity contribution in [3.05, 3.63) is 29.8 Å². The molecule has 106 valence electrons. The lowest BCUT2D eigenvalue weighted by atomic mass is 10.1. The van der Waals surface area contributed by atoms with E-state index in [1.54, 1.807) is 29.2 Å². The molecule has 1 aromatic rings. The molecule has 0 bridgehead atoms. The topological polar surface area (TPSA) is 66.5 Å². The van der Waals surface area contributed by atoms with E-state index >= 15 is 0 Å². The van der Waals surface area contributed by atoms with Gasteiger partial charge in [-0.25, -0.2) is 0 Å². The number of hydrogen-bond donors (Lipinski definition) is 1. The predicted molar refractivity (Wildman–Crippen MR) is 75.5 cm³/mol. The molecule has 0 atom stereocenters. The van der Waals surface area contributed by atoms with Gasteiger partial charge >= 0.3 is 11.8 Å². The van der Waals surface area contributed by atoms with E-state index in [0.29, 0.717) is 24.3 Å². The summed E-state index contributed by atoms with van der Waals surface area (Å²) in [4.78, 5) is 36.7. The first-order chi connectivity index (χ1) is 9.58. The second-order valence-electron chi connectivity index (χ2n) is 4.94. The summed E-state index contributed by atoms with van der Waals surface area (Å²) in [5.41, 5.74) is 0.973. The number of hydrogen-bond acceptors (Lipinski definition) is 3. The SMILES string of the molecule is CC(=O)c1cccc(NC(=O)C(=O)N2CCCCC2)c1. The highest BCUT2D eigenvalue weighted by Gasteiger charge is 2.23. The number of carbonyl (C=O) groups excluding carboxylic acids is 3. The van der Waals surface area contributed by atoms with Crippen LogP contribution in [0.15, 0.2) is 24.3 Å². The fourth-order valence-electron chi connectivity index (χ4n) is 2.24. The van der Waals surface area contributed by atoms with Crippen LogP contribution in [-0.4, -0.2) is 35.6 Å². The number of amides is 2. The summed E-state index contributed by atoms with van der Waals surface area (Å²) in [6, 6.07) is 6.58. The quantitative estimate of drug-likeness (QED) is 0.661. The summed E-state index contributed by atoms with van der Waals surface area (Å²) in [6.45, 7) is 2.74. The number of piperidine rings is 1. The van der Waals surface area contributed by atoms with Gasteiger partial charge in [0.1, 0.15) is 0 Å². The van der Waals surface area contributed by atoms with E-state index in [2.05, 4.69) is 5.32 Å². The van der Waals surface area contributed by atoms with Crippen LogP contribution in [0, 0.1) is 0 Å². The van der Waals surface area contributed by atoms with E-state index in [1.165, 1.54) is 6.92 Å². The molecule has 1 saturated heterocycles. The molecule has 0 aliphatic carbocycles. The van der Waals surface area contributed by atoms with Gasteiger partial charge in [-0.15, -0.1) is 0 Å². The van der Waals surface area contributed by atoms with E-state index in [9.17, 15) is 14.4 Å². The lowest BCUT2D eigenvalue weighted by Gasteiger charge is -2.25. The average Bonchev–Trinajstić information content (AvgIpc) is 2.47. The maximum Gasteiger partial charge on any atom is 0.313 e. The van der Waals surface area contributed by atoms with Crippen LogP contribution in [0.4, 0.5) is 5.69 Å². The Morgan fingerprint density at radius 1 is 1.10 bits per heavy atom. The second kappa shape index (κ2) is 6.32. The van der Waals surface area contributed by atoms with Gasteiger partial charge in [0, 0.05) is 24.3 Å². The minimum atomic E-state index is -0.646. The maximum atomic E-state index is 12.0. The Labute approximate surface area is 118 Å². The Bertz CT molecular complexity index is 534. The van der Waals surface area contributed by atoms with Gasteiger partial charge in [0.2, 0.25) is 0 Å². The molecule has 0 radical (unpaired) electrons. The standard InChI is InChI=1S/C15H18N2O3/c1-11(18)12-6-5-7-13(10-12)16-14(19)15(20)17-8-3-2-4-9-17/h5-7,10H,2-4,8-9H2,1H3,(H,16,19). The van der Waals surface area contributed by atoms with Crippen molar-refractivity contribution in [2.24, 2.45) is 0 Å². The normalized spacial score (nSPS) is 14.8. The Balaban J connectivity index is 2.01. The van der Waals surface area contributed by atoms with Gasteiger partial charge in [-0.3, -0.25) is 14.4 Å². The zero-order chi connectivity index (χ0) is 14.5. The van der Waals surface area contributed by atoms with Crippen LogP contribution in [0.1, 0.15) is 36.5 Å². The molecule has 1 heterocycles. The molecule has 1 aliphatic heterocycles. The molecule has 2 amide bonds. The van der Waals surface area contributed by atoms with Crippen LogP contribution in [0.25, 0.3) is 0 Å². The highest BCUT2D eigenvalue weighted by atomic mass is 16.2. The smallest absolute Gasteiger partial charge is 0.313 e. The molecule has 0 spiro atoms. The van der Waals surface area contributed by atoms with E-state index in [0.717, 1.165) is 19.3 Å². The highest BCUT2D eigenvalue weighted by Crippen LogP contribution is 2.13. The van der Waals surface area contributed by atoms with Crippen LogP contribution in [0.5, 0.6) is 0 Å². The van der Waals surface area contributed by atoms with Crippen LogP contribution < -0.4 is 5.32 Å². The number of anilines is 1. The molecular weight excluding hydrogens is 256 g/mol. The van der Waals surface area contributed by atoms with Gasteiger partial charge in [0.05, 0.1) is 0 Å². The molecule has 0 unspecified atom stereocenters. The summed E-state index contributed by atoms with van der Waals surface area (Å²) in [7, 11) is 0. The van der Waals surface area contributed by atoms with E-state index < -0.39 is 11.8 Å². The predicted octanol–water partition coefficient (Wildman–Crippen LogP) is 1.84. The number of likely N-dealkylation sites (tertiary alicyclic amines) is 1. The summed E-state index contributed by atoms with van der Waals surface area (Å²) in [5.74, 6) is -1.23. The number of benzene rings is 1. The van der Waals surface area contributed by atoms with Crippen molar-refractivity contribution < 1.29 is 14.4 Å². The minimum absolute atomic E-state index is 0.0801. The van der Waals surface area contributed by atoms with Gasteiger partial charge in [0.15, 0.2) is 5.78 Å². The molecule has 20 heavy (non-hydrogen) atoms. The van der Waals surface area contributed by atoms with Crippen molar-refractivity contribution in [3.63, 3.8) is 0 Å². The molecule has 1 N–H and O–H groups in total. The molecule has 1 aliphatic rings. The molecule has 5 nitrogen and oxygen atoms in total. The van der Waals surface area contributed by atoms with Gasteiger partial charge in [-0.1, -0.05) is 12.1 Å². The molecule has 1 fully saturated rings. The van der Waals surface area contributed by atoms with E-state index in [4.69, 9.17) is 0 Å². The Morgan fingerprint density at radius 2 is 1.80 bits per heavy atom. The molecule has 1 aromatic carbocycles. The summed E-state index contributed by atoms with van der Waals surface area (Å²) < 4.78 is 0. The van der Waals surface area contributed by atoms with Crippen molar-refractivity contribution in [3.8, 4) is 0 Å². The number of carbonyl (C=O) groups is 3. The summed E-state index contributed by atoms with van der Waals surface area (Å²) in [5, 5.41) is 2.55. The minimum Gasteiger partial charge on any atom is -0.334 e. The number of ketones is 1. The van der Waals surface area contributed by atoms with Crippen molar-refractivity contribution in [2.45, 2.75) is 26.2 Å². The largest absolute Gasteiger partial charge is 0.334 e. The second-order valence-corrected chi connectivity index (χ2v) is 4.94. The number of rotatable bonds is 2. The molecular formula is C15H18N2O3. The van der Waals surface area contributed by atoms with Crippen molar-refractivity contribution in [1.82, 2.24) is 4.90 Å². The van der Waals surface area contributed by atoms with Crippen LogP contribution in [0.3, 0.4) is 0 Å². The van der Waals surface area contributed by atoms with Gasteiger partial charge in [-0.05, 0) is 38.3 Å². The third kappa shape index (κ3) is 3.44.